The molecule has 1 saturated heterocycles. The van der Waals surface area contributed by atoms with Crippen LogP contribution >= 0.6 is 0 Å². The summed E-state index contributed by atoms with van der Waals surface area (Å²) < 4.78 is 21.8. The molecule has 0 amide bonds. The van der Waals surface area contributed by atoms with E-state index in [-0.39, 0.29) is 29.0 Å². The first kappa shape index (κ1) is 25.1. The fraction of sp³-hybridized carbons (Fsp3) is 0.594. The minimum Gasteiger partial charge on any atom is -0.487 e. The van der Waals surface area contributed by atoms with Crippen molar-refractivity contribution in [2.24, 2.45) is 5.92 Å². The molecule has 198 valence electrons. The molecule has 2 aromatic rings. The van der Waals surface area contributed by atoms with Gasteiger partial charge in [0.25, 0.3) is 0 Å². The van der Waals surface area contributed by atoms with Crippen molar-refractivity contribution in [3.8, 4) is 16.9 Å². The molecule has 2 saturated carbocycles. The first-order valence-corrected chi connectivity index (χ1v) is 14.6. The van der Waals surface area contributed by atoms with Crippen LogP contribution in [0.15, 0.2) is 36.4 Å². The van der Waals surface area contributed by atoms with Gasteiger partial charge in [-0.1, -0.05) is 31.4 Å². The van der Waals surface area contributed by atoms with Crippen molar-refractivity contribution in [1.82, 2.24) is 4.90 Å². The first-order chi connectivity index (χ1) is 18.0. The molecular weight excluding hydrogens is 465 g/mol. The number of carbonyl (C=O) groups excluding carboxylic acids is 1. The van der Waals surface area contributed by atoms with Crippen LogP contribution in [0.5, 0.6) is 5.75 Å². The number of hydrogen-bond acceptors (Lipinski definition) is 4. The average molecular weight is 506 g/mol. The Balaban J connectivity index is 1.13. The monoisotopic (exact) mass is 505 g/mol. The molecule has 0 bridgehead atoms. The minimum absolute atomic E-state index is 0.0318. The lowest BCUT2D eigenvalue weighted by molar-refractivity contribution is -0.0336. The second-order valence-electron chi connectivity index (χ2n) is 12.0. The number of aryl methyl sites for hydroxylation is 1. The van der Waals surface area contributed by atoms with Crippen LogP contribution < -0.4 is 4.74 Å². The predicted molar refractivity (Wildman–Crippen MR) is 143 cm³/mol. The summed E-state index contributed by atoms with van der Waals surface area (Å²) in [6.07, 6.45) is 12.7. The predicted octanol–water partition coefficient (Wildman–Crippen LogP) is 6.72. The van der Waals surface area contributed by atoms with Gasteiger partial charge in [-0.15, -0.1) is 0 Å². The second-order valence-corrected chi connectivity index (χ2v) is 12.0. The van der Waals surface area contributed by atoms with Gasteiger partial charge in [0, 0.05) is 25.0 Å². The van der Waals surface area contributed by atoms with Crippen molar-refractivity contribution in [3.63, 3.8) is 0 Å². The van der Waals surface area contributed by atoms with Crippen LogP contribution in [0.4, 0.5) is 4.39 Å². The van der Waals surface area contributed by atoms with Gasteiger partial charge in [0.05, 0.1) is 11.7 Å². The maximum Gasteiger partial charge on any atom is 0.168 e. The molecule has 2 aromatic carbocycles. The van der Waals surface area contributed by atoms with Gasteiger partial charge < -0.3 is 14.7 Å². The Morgan fingerprint density at radius 1 is 0.892 bits per heavy atom. The van der Waals surface area contributed by atoms with Crippen LogP contribution in [-0.4, -0.2) is 46.6 Å². The number of ketones is 1. The first-order valence-electron chi connectivity index (χ1n) is 14.6. The molecule has 37 heavy (non-hydrogen) atoms. The summed E-state index contributed by atoms with van der Waals surface area (Å²) in [4.78, 5) is 15.8. The lowest BCUT2D eigenvalue weighted by atomic mass is 9.81. The summed E-state index contributed by atoms with van der Waals surface area (Å²) in [5.41, 5.74) is 3.10. The highest BCUT2D eigenvalue weighted by Gasteiger charge is 2.41. The number of aliphatic hydroxyl groups is 1. The molecule has 1 N–H and O–H groups in total. The zero-order valence-corrected chi connectivity index (χ0v) is 21.9. The van der Waals surface area contributed by atoms with E-state index in [0.29, 0.717) is 12.8 Å². The number of likely N-dealkylation sites (tertiary alicyclic amines) is 1. The van der Waals surface area contributed by atoms with E-state index in [1.165, 1.54) is 30.9 Å². The molecule has 4 nitrogen and oxygen atoms in total. The van der Waals surface area contributed by atoms with E-state index in [1.54, 1.807) is 6.07 Å². The normalized spacial score (nSPS) is 26.4. The Morgan fingerprint density at radius 2 is 1.65 bits per heavy atom. The molecule has 5 heteroatoms. The Kier molecular flexibility index (Phi) is 7.11. The van der Waals surface area contributed by atoms with Crippen molar-refractivity contribution in [1.29, 1.82) is 0 Å². The highest BCUT2D eigenvalue weighted by Crippen LogP contribution is 2.42. The summed E-state index contributed by atoms with van der Waals surface area (Å²) >= 11 is 0. The Morgan fingerprint density at radius 3 is 2.41 bits per heavy atom. The fourth-order valence-electron chi connectivity index (χ4n) is 6.93. The highest BCUT2D eigenvalue weighted by atomic mass is 19.1. The van der Waals surface area contributed by atoms with E-state index in [9.17, 15) is 9.90 Å². The van der Waals surface area contributed by atoms with Crippen LogP contribution in [0.2, 0.25) is 0 Å². The molecular formula is C32H40FNO3. The largest absolute Gasteiger partial charge is 0.487 e. The molecule has 0 radical (unpaired) electrons. The van der Waals surface area contributed by atoms with Crippen molar-refractivity contribution < 1.29 is 19.0 Å². The maximum atomic E-state index is 15.2. The number of benzene rings is 2. The molecule has 4 aliphatic rings. The number of piperidine rings is 1. The summed E-state index contributed by atoms with van der Waals surface area (Å²) in [6.45, 7) is 2.29. The quantitative estimate of drug-likeness (QED) is 0.469. The molecule has 2 aliphatic heterocycles. The number of rotatable bonds is 4. The van der Waals surface area contributed by atoms with Gasteiger partial charge in [0.2, 0.25) is 0 Å². The van der Waals surface area contributed by atoms with Crippen molar-refractivity contribution >= 4 is 5.78 Å². The third-order valence-electron chi connectivity index (χ3n) is 9.66. The van der Waals surface area contributed by atoms with Crippen LogP contribution in [-0.2, 0) is 6.42 Å². The zero-order chi connectivity index (χ0) is 25.4. The number of nitrogens with zero attached hydrogens (tertiary/aromatic N) is 1. The number of Topliss-reactive ketones (excluding diaryl/α,β-unsaturated/α-hetero) is 1. The van der Waals surface area contributed by atoms with Gasteiger partial charge in [0.1, 0.15) is 17.2 Å². The van der Waals surface area contributed by atoms with Gasteiger partial charge in [0.15, 0.2) is 5.78 Å². The highest BCUT2D eigenvalue weighted by molar-refractivity contribution is 5.98. The third-order valence-corrected chi connectivity index (χ3v) is 9.66. The van der Waals surface area contributed by atoms with Crippen molar-refractivity contribution in [2.45, 2.75) is 101 Å². The van der Waals surface area contributed by atoms with Gasteiger partial charge in [-0.25, -0.2) is 4.39 Å². The van der Waals surface area contributed by atoms with E-state index in [1.807, 2.05) is 12.1 Å². The van der Waals surface area contributed by atoms with E-state index in [4.69, 9.17) is 4.74 Å². The van der Waals surface area contributed by atoms with Crippen molar-refractivity contribution in [3.05, 3.63) is 53.3 Å². The number of carbonyl (C=O) groups is 1. The van der Waals surface area contributed by atoms with Crippen LogP contribution in [0.1, 0.15) is 93.0 Å². The number of hydrogen-bond donors (Lipinski definition) is 1. The molecule has 2 heterocycles. The van der Waals surface area contributed by atoms with E-state index >= 15 is 4.39 Å². The van der Waals surface area contributed by atoms with Crippen LogP contribution in [0.3, 0.4) is 0 Å². The molecule has 2 atom stereocenters. The lowest BCUT2D eigenvalue weighted by Gasteiger charge is -2.48. The molecule has 0 aromatic heterocycles. The van der Waals surface area contributed by atoms with Gasteiger partial charge in [-0.05, 0) is 105 Å². The van der Waals surface area contributed by atoms with E-state index < -0.39 is 5.82 Å². The number of fused-ring (bicyclic) bond motifs is 1. The van der Waals surface area contributed by atoms with E-state index in [2.05, 4.69) is 17.0 Å². The molecule has 2 unspecified atom stereocenters. The Bertz CT molecular complexity index is 1130. The zero-order valence-electron chi connectivity index (χ0n) is 21.9. The van der Waals surface area contributed by atoms with E-state index in [0.717, 1.165) is 87.4 Å². The molecule has 1 spiro atoms. The van der Waals surface area contributed by atoms with Crippen LogP contribution in [0.25, 0.3) is 11.1 Å². The fourth-order valence-corrected chi connectivity index (χ4v) is 6.93. The lowest BCUT2D eigenvalue weighted by Crippen LogP contribution is -2.53. The smallest absolute Gasteiger partial charge is 0.168 e. The number of halogens is 1. The summed E-state index contributed by atoms with van der Waals surface area (Å²) in [5, 5.41) is 10.0. The average Bonchev–Trinajstić information content (AvgIpc) is 2.86. The Hall–Kier alpha value is -2.24. The number of aliphatic hydroxyl groups excluding tert-OH is 1. The Labute approximate surface area is 220 Å². The standard InChI is InChI=1S/C32H40FNO3/c33-29-21-24(9-12-28(29)31(36)22-4-1-2-7-27(35)11-8-22)23-10-13-30-25(20-23)14-15-32(37-30)16-18-34(19-17-32)26-5-3-6-26/h9-10,12-13,20-22,26-27,35H,1-8,11,14-19H2. The van der Waals surface area contributed by atoms with Crippen molar-refractivity contribution in [2.75, 3.05) is 13.1 Å². The third kappa shape index (κ3) is 5.22. The molecule has 6 rings (SSSR count). The molecule has 2 aliphatic carbocycles. The molecule has 3 fully saturated rings. The van der Waals surface area contributed by atoms with Gasteiger partial charge in [-0.3, -0.25) is 4.79 Å². The SMILES string of the molecule is O=C(c1ccc(-c2ccc3c(c2)CCC2(CCN(C4CCC4)CC2)O3)cc1F)C1CCCCC(O)CC1. The number of ether oxygens (including phenoxy) is 1. The van der Waals surface area contributed by atoms with Gasteiger partial charge in [-0.2, -0.15) is 0 Å². The summed E-state index contributed by atoms with van der Waals surface area (Å²) in [6, 6.07) is 12.1. The topological polar surface area (TPSA) is 49.8 Å². The van der Waals surface area contributed by atoms with Crippen LogP contribution in [0, 0.1) is 11.7 Å². The summed E-state index contributed by atoms with van der Waals surface area (Å²) in [7, 11) is 0. The second kappa shape index (κ2) is 10.5. The summed E-state index contributed by atoms with van der Waals surface area (Å²) in [5.74, 6) is 0.205. The van der Waals surface area contributed by atoms with Gasteiger partial charge >= 0.3 is 0 Å². The maximum absolute atomic E-state index is 15.2. The minimum atomic E-state index is -0.448.